The molecule has 1 fully saturated rings. The first-order chi connectivity index (χ1) is 21.7. The molecule has 2 aliphatic heterocycles. The number of carbonyl (C=O) groups is 2. The summed E-state index contributed by atoms with van der Waals surface area (Å²) in [6.45, 7) is 8.86. The maximum absolute atomic E-state index is 12.8. The largest absolute Gasteiger partial charge is 0.491 e. The van der Waals surface area contributed by atoms with Crippen LogP contribution in [0.5, 0.6) is 5.75 Å². The van der Waals surface area contributed by atoms with Crippen molar-refractivity contribution in [2.24, 2.45) is 17.0 Å². The number of nitrogens with zero attached hydrogens (tertiary/aromatic N) is 3. The van der Waals surface area contributed by atoms with Gasteiger partial charge in [-0.25, -0.2) is 0 Å². The number of nitroso groups, excluding NO2 is 1. The highest BCUT2D eigenvalue weighted by atomic mass is 35.5. The van der Waals surface area contributed by atoms with Gasteiger partial charge in [0.1, 0.15) is 5.75 Å². The van der Waals surface area contributed by atoms with Crippen molar-refractivity contribution in [3.8, 4) is 5.75 Å². The van der Waals surface area contributed by atoms with Gasteiger partial charge in [0.05, 0.1) is 30.9 Å². The van der Waals surface area contributed by atoms with Crippen molar-refractivity contribution in [1.82, 2.24) is 4.90 Å². The lowest BCUT2D eigenvalue weighted by Crippen LogP contribution is -2.44. The molecule has 10 heteroatoms. The lowest BCUT2D eigenvalue weighted by molar-refractivity contribution is -0.132. The summed E-state index contributed by atoms with van der Waals surface area (Å²) in [4.78, 5) is 34.1. The summed E-state index contributed by atoms with van der Waals surface area (Å²) in [7, 11) is 1.76. The minimum Gasteiger partial charge on any atom is -0.491 e. The second kappa shape index (κ2) is 18.0. The number of carbonyl (C=O) groups excluding carboxylic acids is 2. The third-order valence-corrected chi connectivity index (χ3v) is 9.06. The van der Waals surface area contributed by atoms with E-state index in [0.29, 0.717) is 25.5 Å². The molecule has 3 aliphatic rings. The third-order valence-electron chi connectivity index (χ3n) is 8.82. The molecule has 0 saturated heterocycles. The number of anilines is 1. The van der Waals surface area contributed by atoms with Crippen LogP contribution in [0, 0.1) is 16.7 Å². The Kier molecular flexibility index (Phi) is 14.5. The van der Waals surface area contributed by atoms with Crippen molar-refractivity contribution in [3.05, 3.63) is 75.2 Å². The van der Waals surface area contributed by atoms with E-state index in [4.69, 9.17) is 26.0 Å². The fourth-order valence-corrected chi connectivity index (χ4v) is 6.50. The molecule has 2 aromatic rings. The van der Waals surface area contributed by atoms with Gasteiger partial charge in [-0.3, -0.25) is 9.59 Å². The SMILES string of the molecule is CC.CCCc1cc(Cl)ccc1C1COc2ccc3cc2N(C1)CC1CCC1C(O)/C=C/CCN(C)C(=O)CC3O.O=CN=O. The van der Waals surface area contributed by atoms with Gasteiger partial charge in [0.25, 0.3) is 6.41 Å². The third kappa shape index (κ3) is 9.61. The zero-order valence-corrected chi connectivity index (χ0v) is 27.7. The van der Waals surface area contributed by atoms with E-state index in [9.17, 15) is 15.0 Å². The number of benzene rings is 2. The Morgan fingerprint density at radius 1 is 1.11 bits per heavy atom. The van der Waals surface area contributed by atoms with Crippen LogP contribution >= 0.6 is 11.6 Å². The first kappa shape index (κ1) is 36.2. The van der Waals surface area contributed by atoms with Crippen LogP contribution in [0.2, 0.25) is 5.02 Å². The van der Waals surface area contributed by atoms with E-state index in [1.54, 1.807) is 17.1 Å². The molecule has 5 unspecified atom stereocenters. The van der Waals surface area contributed by atoms with Crippen LogP contribution in [0.3, 0.4) is 0 Å². The quantitative estimate of drug-likeness (QED) is 0.224. The number of aliphatic hydroxyl groups is 2. The van der Waals surface area contributed by atoms with Crippen molar-refractivity contribution in [1.29, 1.82) is 0 Å². The van der Waals surface area contributed by atoms with E-state index >= 15 is 0 Å². The number of aliphatic hydroxyl groups excluding tert-OH is 2. The van der Waals surface area contributed by atoms with E-state index in [0.717, 1.165) is 60.8 Å². The Morgan fingerprint density at radius 3 is 2.53 bits per heavy atom. The maximum Gasteiger partial charge on any atom is 0.274 e. The summed E-state index contributed by atoms with van der Waals surface area (Å²) >= 11 is 6.38. The standard InChI is InChI=1S/C32H41ClN2O4.C2H6.CHNO2/c1-3-6-21-15-25(33)10-12-26(21)24-19-35-18-23-8-11-27(23)29(36)7-4-5-14-34(2)32(38)17-30(37)22-9-13-31(39-20-24)28(35)16-22;1-2;3-1-2-4/h4,7,9-10,12-13,15-16,23-24,27,29-30,36-37H,3,5-6,8,11,14,17-20H2,1-2H3;1-2H3;1H/b7-4+;;. The highest BCUT2D eigenvalue weighted by molar-refractivity contribution is 6.30. The first-order valence-corrected chi connectivity index (χ1v) is 16.5. The summed E-state index contributed by atoms with van der Waals surface area (Å²) in [6.07, 6.45) is 7.24. The summed E-state index contributed by atoms with van der Waals surface area (Å²) in [6, 6.07) is 12.0. The molecule has 2 amide bonds. The molecule has 2 bridgehead atoms. The lowest BCUT2D eigenvalue weighted by Gasteiger charge is -2.42. The molecule has 2 N–H and O–H groups in total. The molecule has 45 heavy (non-hydrogen) atoms. The second-order valence-electron chi connectivity index (χ2n) is 11.7. The summed E-state index contributed by atoms with van der Waals surface area (Å²) in [5.41, 5.74) is 4.20. The van der Waals surface area contributed by atoms with Crippen LogP contribution in [0.4, 0.5) is 5.69 Å². The molecule has 2 aromatic carbocycles. The van der Waals surface area contributed by atoms with E-state index in [-0.39, 0.29) is 30.6 Å². The number of hydrogen-bond donors (Lipinski definition) is 2. The number of ether oxygens (including phenoxy) is 1. The van der Waals surface area contributed by atoms with Gasteiger partial charge >= 0.3 is 0 Å². The molecular weight excluding hydrogens is 594 g/mol. The minimum absolute atomic E-state index is 0.0287. The number of hydrogen-bond acceptors (Lipinski definition) is 7. The van der Waals surface area contributed by atoms with Crippen LogP contribution in [0.1, 0.15) is 81.6 Å². The summed E-state index contributed by atoms with van der Waals surface area (Å²) < 4.78 is 6.43. The first-order valence-electron chi connectivity index (χ1n) is 16.1. The Morgan fingerprint density at radius 2 is 1.87 bits per heavy atom. The molecular formula is C35H48ClN3O6. The topological polar surface area (TPSA) is 120 Å². The van der Waals surface area contributed by atoms with Crippen LogP contribution < -0.4 is 9.64 Å². The van der Waals surface area contributed by atoms with Crippen molar-refractivity contribution in [2.45, 2.75) is 77.4 Å². The van der Waals surface area contributed by atoms with Gasteiger partial charge < -0.3 is 24.7 Å². The zero-order chi connectivity index (χ0) is 32.9. The average molecular weight is 642 g/mol. The van der Waals surface area contributed by atoms with Gasteiger partial charge in [0.15, 0.2) is 0 Å². The molecule has 0 radical (unpaired) electrons. The highest BCUT2D eigenvalue weighted by Crippen LogP contribution is 2.43. The van der Waals surface area contributed by atoms with Crippen molar-refractivity contribution in [2.75, 3.05) is 38.2 Å². The van der Waals surface area contributed by atoms with Gasteiger partial charge in [-0.15, -0.1) is 4.91 Å². The molecule has 5 atom stereocenters. The van der Waals surface area contributed by atoms with Crippen LogP contribution in [0.25, 0.3) is 0 Å². The number of aryl methyl sites for hydroxylation is 1. The van der Waals surface area contributed by atoms with E-state index in [2.05, 4.69) is 24.0 Å². The molecule has 0 spiro atoms. The molecule has 1 saturated carbocycles. The predicted octanol–water partition coefficient (Wildman–Crippen LogP) is 6.44. The molecule has 246 valence electrons. The zero-order valence-electron chi connectivity index (χ0n) is 26.9. The lowest BCUT2D eigenvalue weighted by atomic mass is 9.70. The molecule has 2 heterocycles. The molecule has 0 aromatic heterocycles. The Balaban J connectivity index is 0.000000853. The monoisotopic (exact) mass is 641 g/mol. The van der Waals surface area contributed by atoms with Crippen LogP contribution in [-0.4, -0.2) is 66.8 Å². The predicted molar refractivity (Wildman–Crippen MR) is 179 cm³/mol. The Labute approximate surface area is 272 Å². The van der Waals surface area contributed by atoms with Crippen molar-refractivity contribution < 1.29 is 24.5 Å². The minimum atomic E-state index is -0.889. The molecule has 9 nitrogen and oxygen atoms in total. The van der Waals surface area contributed by atoms with Crippen molar-refractivity contribution >= 4 is 29.6 Å². The van der Waals surface area contributed by atoms with E-state index in [1.807, 2.05) is 50.3 Å². The smallest absolute Gasteiger partial charge is 0.274 e. The van der Waals surface area contributed by atoms with Gasteiger partial charge in [0.2, 0.25) is 5.91 Å². The van der Waals surface area contributed by atoms with Gasteiger partial charge in [-0.1, -0.05) is 63.1 Å². The van der Waals surface area contributed by atoms with Crippen molar-refractivity contribution in [3.63, 3.8) is 0 Å². The maximum atomic E-state index is 12.8. The normalized spacial score (nSPS) is 25.4. The van der Waals surface area contributed by atoms with E-state index in [1.165, 1.54) is 11.1 Å². The van der Waals surface area contributed by atoms with Crippen LogP contribution in [0.15, 0.2) is 53.7 Å². The number of fused-ring (bicyclic) bond motifs is 2. The highest BCUT2D eigenvalue weighted by Gasteiger charge is 2.38. The number of halogens is 1. The van der Waals surface area contributed by atoms with E-state index < -0.39 is 12.2 Å². The summed E-state index contributed by atoms with van der Waals surface area (Å²) in [5, 5.41) is 24.6. The summed E-state index contributed by atoms with van der Waals surface area (Å²) in [5.74, 6) is 1.41. The number of rotatable bonds is 4. The Bertz CT molecular complexity index is 1300. The van der Waals surface area contributed by atoms with Crippen LogP contribution in [-0.2, 0) is 16.0 Å². The number of amides is 2. The second-order valence-corrected chi connectivity index (χ2v) is 12.1. The van der Waals surface area contributed by atoms with Gasteiger partial charge in [0, 0.05) is 42.8 Å². The molecule has 5 rings (SSSR count). The van der Waals surface area contributed by atoms with Gasteiger partial charge in [-0.05, 0) is 78.5 Å². The Hall–Kier alpha value is -3.27. The average Bonchev–Trinajstić information content (AvgIpc) is 3.21. The molecule has 1 aliphatic carbocycles. The van der Waals surface area contributed by atoms with Gasteiger partial charge in [-0.2, -0.15) is 0 Å². The fourth-order valence-electron chi connectivity index (χ4n) is 6.30. The fraction of sp³-hybridized carbons (Fsp3) is 0.543.